The van der Waals surface area contributed by atoms with E-state index in [9.17, 15) is 37.8 Å². The molecule has 13 nitrogen and oxygen atoms in total. The highest BCUT2D eigenvalue weighted by atomic mass is 32.2. The molecular formula is C25H38N4O9S. The van der Waals surface area contributed by atoms with Crippen LogP contribution < -0.4 is 15.4 Å². The molecule has 0 bridgehead atoms. The molecule has 2 aliphatic carbocycles. The van der Waals surface area contributed by atoms with Crippen LogP contribution in [0, 0.1) is 11.8 Å². The first-order valence-corrected chi connectivity index (χ1v) is 14.5. The van der Waals surface area contributed by atoms with Gasteiger partial charge in [0.2, 0.25) is 21.8 Å². The number of sulfonamides is 1. The highest BCUT2D eigenvalue weighted by molar-refractivity contribution is 7.91. The lowest BCUT2D eigenvalue weighted by Gasteiger charge is -2.32. The van der Waals surface area contributed by atoms with Crippen molar-refractivity contribution in [3.05, 3.63) is 25.3 Å². The molecule has 1 aliphatic heterocycles. The molecule has 0 aromatic carbocycles. The van der Waals surface area contributed by atoms with Gasteiger partial charge < -0.3 is 30.5 Å². The van der Waals surface area contributed by atoms with Crippen LogP contribution in [0.5, 0.6) is 0 Å². The number of β-amino-alcohol motifs (C(OH)–C–C–N with tert-alkyl or cyclic N) is 1. The lowest BCUT2D eigenvalue weighted by molar-refractivity contribution is -0.142. The van der Waals surface area contributed by atoms with Crippen molar-refractivity contribution in [1.29, 1.82) is 0 Å². The van der Waals surface area contributed by atoms with Gasteiger partial charge in [0.05, 0.1) is 24.1 Å². The Morgan fingerprint density at radius 1 is 1.21 bits per heavy atom. The van der Waals surface area contributed by atoms with Gasteiger partial charge in [0.1, 0.15) is 17.6 Å². The number of nitrogens with zero attached hydrogens (tertiary/aromatic N) is 1. The number of carbonyl (C=O) groups is 4. The van der Waals surface area contributed by atoms with Crippen LogP contribution in [-0.4, -0.2) is 95.6 Å². The van der Waals surface area contributed by atoms with E-state index in [1.807, 2.05) is 0 Å². The number of likely N-dealkylation sites (tertiary alicyclic amines) is 1. The third-order valence-electron chi connectivity index (χ3n) is 7.43. The van der Waals surface area contributed by atoms with Crippen molar-refractivity contribution in [3.63, 3.8) is 0 Å². The highest BCUT2D eigenvalue weighted by Gasteiger charge is 2.62. The molecule has 0 aromatic rings. The first-order chi connectivity index (χ1) is 18.3. The van der Waals surface area contributed by atoms with Crippen LogP contribution in [0.15, 0.2) is 25.3 Å². The van der Waals surface area contributed by atoms with Crippen molar-refractivity contribution < 1.29 is 42.5 Å². The van der Waals surface area contributed by atoms with E-state index in [4.69, 9.17) is 4.74 Å². The van der Waals surface area contributed by atoms with Crippen molar-refractivity contribution in [2.24, 2.45) is 11.8 Å². The number of ether oxygens (including phenoxy) is 1. The second-order valence-corrected chi connectivity index (χ2v) is 12.6. The Kier molecular flexibility index (Phi) is 9.44. The van der Waals surface area contributed by atoms with Crippen LogP contribution in [0.2, 0.25) is 0 Å². The van der Waals surface area contributed by atoms with Gasteiger partial charge in [0, 0.05) is 18.9 Å². The van der Waals surface area contributed by atoms with Gasteiger partial charge in [-0.3, -0.25) is 19.1 Å². The molecule has 7 atom stereocenters. The van der Waals surface area contributed by atoms with E-state index in [0.717, 1.165) is 4.90 Å². The van der Waals surface area contributed by atoms with E-state index in [1.165, 1.54) is 6.08 Å². The van der Waals surface area contributed by atoms with E-state index < -0.39 is 74.7 Å². The third-order valence-corrected chi connectivity index (χ3v) is 9.25. The van der Waals surface area contributed by atoms with E-state index >= 15 is 0 Å². The summed E-state index contributed by atoms with van der Waals surface area (Å²) in [5.74, 6) is -3.40. The fourth-order valence-electron chi connectivity index (χ4n) is 5.04. The molecular weight excluding hydrogens is 532 g/mol. The van der Waals surface area contributed by atoms with Gasteiger partial charge in [-0.25, -0.2) is 13.2 Å². The van der Waals surface area contributed by atoms with Crippen molar-refractivity contribution >= 4 is 33.8 Å². The SMILES string of the molecule is C=CCO[C@@H](C)C[C@@H](C)C(NC(=O)O)C(=O)N1C[C@H](O)C[C@H]1C(=O)N[C@]1(C(=O)NS(=O)(=O)C2CC2)C[C@H]1C=C. The topological polar surface area (TPSA) is 191 Å². The Morgan fingerprint density at radius 3 is 2.41 bits per heavy atom. The standard InChI is InChI=1S/C25H38N4O9S/c1-5-9-38-15(4)10-14(3)20(26-24(34)35)22(32)29-13-17(30)11-19(29)21(31)27-25(12-16(25)6-2)23(33)28-39(36,37)18-7-8-18/h5-6,14-20,26,30H,1-2,7-13H2,3-4H3,(H,27,31)(H,28,33)(H,34,35)/t14-,15+,16-,17-,19+,20?,25-/m1/s1. The summed E-state index contributed by atoms with van der Waals surface area (Å²) in [5, 5.41) is 23.9. The van der Waals surface area contributed by atoms with Gasteiger partial charge in [-0.15, -0.1) is 13.2 Å². The van der Waals surface area contributed by atoms with E-state index in [0.29, 0.717) is 19.3 Å². The van der Waals surface area contributed by atoms with Gasteiger partial charge in [0.25, 0.3) is 5.91 Å². The van der Waals surface area contributed by atoms with Crippen LogP contribution in [-0.2, 0) is 29.1 Å². The molecule has 0 spiro atoms. The maximum absolute atomic E-state index is 13.6. The summed E-state index contributed by atoms with van der Waals surface area (Å²) in [4.78, 5) is 52.6. The second kappa shape index (κ2) is 12.0. The lowest BCUT2D eigenvalue weighted by Crippen LogP contribution is -2.59. The number of carboxylic acid groups (broad SMARTS) is 1. The van der Waals surface area contributed by atoms with Crippen LogP contribution in [0.3, 0.4) is 0 Å². The van der Waals surface area contributed by atoms with Crippen LogP contribution in [0.4, 0.5) is 4.79 Å². The Hall–Kier alpha value is -2.97. The monoisotopic (exact) mass is 570 g/mol. The number of aliphatic hydroxyl groups is 1. The third kappa shape index (κ3) is 7.17. The summed E-state index contributed by atoms with van der Waals surface area (Å²) >= 11 is 0. The maximum atomic E-state index is 13.6. The summed E-state index contributed by atoms with van der Waals surface area (Å²) in [6.07, 6.45) is 1.41. The molecule has 218 valence electrons. The van der Waals surface area contributed by atoms with E-state index in [2.05, 4.69) is 28.5 Å². The minimum Gasteiger partial charge on any atom is -0.465 e. The van der Waals surface area contributed by atoms with E-state index in [1.54, 1.807) is 19.9 Å². The van der Waals surface area contributed by atoms with Crippen molar-refractivity contribution in [2.75, 3.05) is 13.2 Å². The lowest BCUT2D eigenvalue weighted by atomic mass is 9.94. The largest absolute Gasteiger partial charge is 0.465 e. The first-order valence-electron chi connectivity index (χ1n) is 13.0. The van der Waals surface area contributed by atoms with Gasteiger partial charge in [0.15, 0.2) is 0 Å². The number of aliphatic hydroxyl groups excluding tert-OH is 1. The molecule has 4 amide bonds. The maximum Gasteiger partial charge on any atom is 0.405 e. The molecule has 0 radical (unpaired) electrons. The summed E-state index contributed by atoms with van der Waals surface area (Å²) in [7, 11) is -3.87. The van der Waals surface area contributed by atoms with Gasteiger partial charge in [-0.05, 0) is 38.5 Å². The normalized spacial score (nSPS) is 28.5. The number of carbonyl (C=O) groups excluding carboxylic acids is 3. The number of hydrogen-bond donors (Lipinski definition) is 5. The molecule has 39 heavy (non-hydrogen) atoms. The summed E-state index contributed by atoms with van der Waals surface area (Å²) < 4.78 is 32.3. The quantitative estimate of drug-likeness (QED) is 0.177. The molecule has 14 heteroatoms. The zero-order valence-electron chi connectivity index (χ0n) is 22.2. The number of nitrogens with one attached hydrogen (secondary N) is 3. The Morgan fingerprint density at radius 2 is 1.87 bits per heavy atom. The molecule has 3 aliphatic rings. The number of hydrogen-bond acceptors (Lipinski definition) is 8. The Labute approximate surface area is 228 Å². The zero-order valence-corrected chi connectivity index (χ0v) is 23.0. The predicted molar refractivity (Wildman–Crippen MR) is 140 cm³/mol. The van der Waals surface area contributed by atoms with Crippen LogP contribution in [0.25, 0.3) is 0 Å². The molecule has 1 unspecified atom stereocenters. The molecule has 3 fully saturated rings. The second-order valence-electron chi connectivity index (χ2n) is 10.7. The van der Waals surface area contributed by atoms with E-state index in [-0.39, 0.29) is 32.1 Å². The van der Waals surface area contributed by atoms with Crippen LogP contribution in [0.1, 0.15) is 46.0 Å². The number of rotatable bonds is 14. The summed E-state index contributed by atoms with van der Waals surface area (Å²) in [6, 6.07) is -2.44. The Bertz CT molecular complexity index is 1110. The fraction of sp³-hybridized carbons (Fsp3) is 0.680. The minimum absolute atomic E-state index is 0.125. The van der Waals surface area contributed by atoms with Crippen molar-refractivity contribution in [2.45, 2.75) is 81.0 Å². The number of amides is 4. The summed E-state index contributed by atoms with van der Waals surface area (Å²) in [6.45, 7) is 10.7. The Balaban J connectivity index is 1.76. The molecule has 3 rings (SSSR count). The molecule has 1 saturated heterocycles. The predicted octanol–water partition coefficient (Wildman–Crippen LogP) is -0.129. The van der Waals surface area contributed by atoms with Crippen LogP contribution >= 0.6 is 0 Å². The molecule has 1 heterocycles. The minimum atomic E-state index is -3.87. The van der Waals surface area contributed by atoms with Gasteiger partial charge in [-0.2, -0.15) is 0 Å². The molecule has 5 N–H and O–H groups in total. The molecule has 0 aromatic heterocycles. The van der Waals surface area contributed by atoms with Crippen molar-refractivity contribution in [3.8, 4) is 0 Å². The molecule has 2 saturated carbocycles. The zero-order chi connectivity index (χ0) is 29.1. The highest BCUT2D eigenvalue weighted by Crippen LogP contribution is 2.45. The smallest absolute Gasteiger partial charge is 0.405 e. The van der Waals surface area contributed by atoms with Gasteiger partial charge >= 0.3 is 6.09 Å². The van der Waals surface area contributed by atoms with Crippen molar-refractivity contribution in [1.82, 2.24) is 20.3 Å². The summed E-state index contributed by atoms with van der Waals surface area (Å²) in [5.41, 5.74) is -1.55. The van der Waals surface area contributed by atoms with Gasteiger partial charge in [-0.1, -0.05) is 19.1 Å². The average Bonchev–Trinajstić information content (AvgIpc) is 3.77. The fourth-order valence-corrected chi connectivity index (χ4v) is 6.41. The first kappa shape index (κ1) is 30.6. The average molecular weight is 571 g/mol.